The number of carbonyl (C=O) groups excluding carboxylic acids is 2. The number of anilines is 1. The highest BCUT2D eigenvalue weighted by molar-refractivity contribution is 6.02. The van der Waals surface area contributed by atoms with E-state index in [4.69, 9.17) is 4.74 Å². The lowest BCUT2D eigenvalue weighted by molar-refractivity contribution is -0.384. The molecule has 0 unspecified atom stereocenters. The molecule has 0 N–H and O–H groups in total. The van der Waals surface area contributed by atoms with Gasteiger partial charge in [-0.15, -0.1) is 0 Å². The standard InChI is InChI=1S/C31H27N3O6/c1-39-29(35)21-40-26-15-12-24(13-16-26)30-32(19-22-8-4-2-5-9-22)28-17-14-25(34(37)38)18-27(28)31(36)33(30)20-23-10-6-3-7-11-23/h2-18,30H,19-21H2,1H3/t30-/m1/s1. The summed E-state index contributed by atoms with van der Waals surface area (Å²) in [4.78, 5) is 40.5. The van der Waals surface area contributed by atoms with Gasteiger partial charge in [0.25, 0.3) is 11.6 Å². The third-order valence-electron chi connectivity index (χ3n) is 6.74. The van der Waals surface area contributed by atoms with Gasteiger partial charge in [0.2, 0.25) is 0 Å². The zero-order chi connectivity index (χ0) is 28.1. The average molecular weight is 538 g/mol. The summed E-state index contributed by atoms with van der Waals surface area (Å²) >= 11 is 0. The van der Waals surface area contributed by atoms with Crippen LogP contribution in [0, 0.1) is 10.1 Å². The number of ether oxygens (including phenoxy) is 2. The van der Waals surface area contributed by atoms with E-state index in [1.807, 2.05) is 72.8 Å². The van der Waals surface area contributed by atoms with Crippen LogP contribution >= 0.6 is 0 Å². The van der Waals surface area contributed by atoms with Gasteiger partial charge in [-0.05, 0) is 34.9 Å². The maximum Gasteiger partial charge on any atom is 0.343 e. The van der Waals surface area contributed by atoms with E-state index >= 15 is 0 Å². The average Bonchev–Trinajstić information content (AvgIpc) is 2.99. The van der Waals surface area contributed by atoms with Crippen molar-refractivity contribution in [1.82, 2.24) is 4.90 Å². The molecule has 40 heavy (non-hydrogen) atoms. The molecule has 0 radical (unpaired) electrons. The molecule has 0 spiro atoms. The highest BCUT2D eigenvalue weighted by Crippen LogP contribution is 2.42. The first-order chi connectivity index (χ1) is 19.4. The number of fused-ring (bicyclic) bond motifs is 1. The first-order valence-corrected chi connectivity index (χ1v) is 12.7. The first-order valence-electron chi connectivity index (χ1n) is 12.7. The molecule has 0 fully saturated rings. The van der Waals surface area contributed by atoms with Crippen molar-refractivity contribution in [1.29, 1.82) is 0 Å². The molecule has 1 aliphatic heterocycles. The summed E-state index contributed by atoms with van der Waals surface area (Å²) in [6.07, 6.45) is -0.531. The van der Waals surface area contributed by atoms with E-state index in [1.165, 1.54) is 19.2 Å². The molecule has 1 heterocycles. The molecular weight excluding hydrogens is 510 g/mol. The fraction of sp³-hybridized carbons (Fsp3) is 0.161. The number of nitro benzene ring substituents is 1. The number of non-ortho nitro benzene ring substituents is 1. The zero-order valence-electron chi connectivity index (χ0n) is 21.8. The Kier molecular flexibility index (Phi) is 7.72. The van der Waals surface area contributed by atoms with Crippen LogP contribution in [0.4, 0.5) is 11.4 Å². The van der Waals surface area contributed by atoms with Gasteiger partial charge in [0.05, 0.1) is 23.3 Å². The molecule has 0 bridgehead atoms. The predicted molar refractivity (Wildman–Crippen MR) is 149 cm³/mol. The van der Waals surface area contributed by atoms with Crippen molar-refractivity contribution < 1.29 is 24.0 Å². The van der Waals surface area contributed by atoms with Crippen molar-refractivity contribution in [3.63, 3.8) is 0 Å². The molecule has 0 aliphatic carbocycles. The van der Waals surface area contributed by atoms with Crippen LogP contribution in [-0.4, -0.2) is 35.4 Å². The van der Waals surface area contributed by atoms with Crippen molar-refractivity contribution in [2.45, 2.75) is 19.3 Å². The highest BCUT2D eigenvalue weighted by atomic mass is 16.6. The number of hydrogen-bond donors (Lipinski definition) is 0. The van der Waals surface area contributed by atoms with Crippen LogP contribution in [0.5, 0.6) is 5.75 Å². The maximum absolute atomic E-state index is 14.1. The Morgan fingerprint density at radius 2 is 1.45 bits per heavy atom. The second-order valence-electron chi connectivity index (χ2n) is 9.30. The molecule has 0 saturated carbocycles. The maximum atomic E-state index is 14.1. The van der Waals surface area contributed by atoms with Crippen molar-refractivity contribution >= 4 is 23.3 Å². The van der Waals surface area contributed by atoms with Gasteiger partial charge in [0.1, 0.15) is 11.9 Å². The zero-order valence-corrected chi connectivity index (χ0v) is 21.8. The minimum Gasteiger partial charge on any atom is -0.482 e. The van der Waals surface area contributed by atoms with E-state index < -0.39 is 17.1 Å². The van der Waals surface area contributed by atoms with E-state index in [9.17, 15) is 19.7 Å². The Hall–Kier alpha value is -5.18. The summed E-state index contributed by atoms with van der Waals surface area (Å²) in [7, 11) is 1.30. The number of rotatable bonds is 9. The van der Waals surface area contributed by atoms with Crippen molar-refractivity contribution in [2.75, 3.05) is 18.6 Å². The van der Waals surface area contributed by atoms with Gasteiger partial charge in [-0.2, -0.15) is 0 Å². The minimum atomic E-state index is -0.531. The monoisotopic (exact) mass is 537 g/mol. The Bertz CT molecular complexity index is 1510. The van der Waals surface area contributed by atoms with Gasteiger partial charge >= 0.3 is 5.97 Å². The molecule has 4 aromatic carbocycles. The number of nitrogens with zero attached hydrogens (tertiary/aromatic N) is 3. The third kappa shape index (κ3) is 5.63. The molecule has 202 valence electrons. The summed E-state index contributed by atoms with van der Waals surface area (Å²) in [6, 6.07) is 31.1. The third-order valence-corrected chi connectivity index (χ3v) is 6.74. The van der Waals surface area contributed by atoms with Gasteiger partial charge in [-0.1, -0.05) is 72.8 Å². The normalized spacial score (nSPS) is 14.4. The Morgan fingerprint density at radius 3 is 2.02 bits per heavy atom. The Morgan fingerprint density at radius 1 is 0.850 bits per heavy atom. The van der Waals surface area contributed by atoms with Crippen molar-refractivity contribution in [3.05, 3.63) is 135 Å². The molecule has 1 atom stereocenters. The van der Waals surface area contributed by atoms with E-state index in [1.54, 1.807) is 23.1 Å². The van der Waals surface area contributed by atoms with Crippen LogP contribution in [0.15, 0.2) is 103 Å². The molecular formula is C31H27N3O6. The molecule has 0 aromatic heterocycles. The summed E-state index contributed by atoms with van der Waals surface area (Å²) < 4.78 is 10.2. The van der Waals surface area contributed by atoms with Gasteiger partial charge < -0.3 is 19.3 Å². The van der Waals surface area contributed by atoms with E-state index in [2.05, 4.69) is 9.64 Å². The first kappa shape index (κ1) is 26.4. The predicted octanol–water partition coefficient (Wildman–Crippen LogP) is 5.51. The second kappa shape index (κ2) is 11.7. The van der Waals surface area contributed by atoms with Crippen LogP contribution in [-0.2, 0) is 22.6 Å². The molecule has 5 rings (SSSR count). The Labute approximate surface area is 231 Å². The molecule has 0 saturated heterocycles. The van der Waals surface area contributed by atoms with E-state index in [0.29, 0.717) is 24.5 Å². The van der Waals surface area contributed by atoms with E-state index in [-0.39, 0.29) is 23.8 Å². The second-order valence-corrected chi connectivity index (χ2v) is 9.30. The fourth-order valence-electron chi connectivity index (χ4n) is 4.81. The summed E-state index contributed by atoms with van der Waals surface area (Å²) in [5.41, 5.74) is 3.50. The number of carbonyl (C=O) groups is 2. The number of esters is 1. The minimum absolute atomic E-state index is 0.142. The van der Waals surface area contributed by atoms with Crippen LogP contribution in [0.25, 0.3) is 0 Å². The molecule has 1 aliphatic rings. The number of nitro groups is 1. The van der Waals surface area contributed by atoms with Crippen molar-refractivity contribution in [3.8, 4) is 5.75 Å². The Balaban J connectivity index is 1.61. The van der Waals surface area contributed by atoms with E-state index in [0.717, 1.165) is 16.7 Å². The van der Waals surface area contributed by atoms with Crippen molar-refractivity contribution in [2.24, 2.45) is 0 Å². The highest BCUT2D eigenvalue weighted by Gasteiger charge is 2.39. The van der Waals surface area contributed by atoms with Gasteiger partial charge in [-0.3, -0.25) is 14.9 Å². The molecule has 9 heteroatoms. The fourth-order valence-corrected chi connectivity index (χ4v) is 4.81. The molecule has 4 aromatic rings. The summed E-state index contributed by atoms with van der Waals surface area (Å²) in [5.74, 6) is -0.310. The van der Waals surface area contributed by atoms with Crippen LogP contribution in [0.1, 0.15) is 33.2 Å². The number of methoxy groups -OCH3 is 1. The molecule has 9 nitrogen and oxygen atoms in total. The van der Waals surface area contributed by atoms with Gasteiger partial charge in [0.15, 0.2) is 6.61 Å². The molecule has 1 amide bonds. The van der Waals surface area contributed by atoms with Crippen LogP contribution < -0.4 is 9.64 Å². The van der Waals surface area contributed by atoms with Gasteiger partial charge in [-0.25, -0.2) is 4.79 Å². The smallest absolute Gasteiger partial charge is 0.343 e. The van der Waals surface area contributed by atoms with Crippen LogP contribution in [0.2, 0.25) is 0 Å². The quantitative estimate of drug-likeness (QED) is 0.158. The largest absolute Gasteiger partial charge is 0.482 e. The lowest BCUT2D eigenvalue weighted by atomic mass is 9.98. The summed E-state index contributed by atoms with van der Waals surface area (Å²) in [5, 5.41) is 11.6. The SMILES string of the molecule is COC(=O)COc1ccc([C@H]2N(Cc3ccccc3)C(=O)c3cc([N+](=O)[O-])ccc3N2Cc2ccccc2)cc1. The lowest BCUT2D eigenvalue weighted by Gasteiger charge is -2.46. The lowest BCUT2D eigenvalue weighted by Crippen LogP contribution is -2.48. The van der Waals surface area contributed by atoms with Crippen LogP contribution in [0.3, 0.4) is 0 Å². The number of amides is 1. The summed E-state index contributed by atoms with van der Waals surface area (Å²) in [6.45, 7) is 0.526. The number of benzene rings is 4. The van der Waals surface area contributed by atoms with Gasteiger partial charge in [0, 0.05) is 25.2 Å². The topological polar surface area (TPSA) is 102 Å². The number of hydrogen-bond acceptors (Lipinski definition) is 7.